The molecule has 0 bridgehead atoms. The summed E-state index contributed by atoms with van der Waals surface area (Å²) in [6.45, 7) is 3.37. The van der Waals surface area contributed by atoms with Crippen LogP contribution in [0, 0.1) is 6.92 Å². The van der Waals surface area contributed by atoms with Crippen LogP contribution in [0.5, 0.6) is 5.75 Å². The largest absolute Gasteiger partial charge is 0.497 e. The molecule has 0 saturated carbocycles. The highest BCUT2D eigenvalue weighted by Gasteiger charge is 2.25. The minimum absolute atomic E-state index is 0.00713. The summed E-state index contributed by atoms with van der Waals surface area (Å²) >= 11 is 1.31. The number of thiazole rings is 1. The fourth-order valence-electron chi connectivity index (χ4n) is 3.74. The van der Waals surface area contributed by atoms with E-state index in [9.17, 15) is 13.2 Å². The van der Waals surface area contributed by atoms with Crippen molar-refractivity contribution in [1.29, 1.82) is 0 Å². The minimum atomic E-state index is -3.81. The van der Waals surface area contributed by atoms with Crippen LogP contribution >= 0.6 is 11.3 Å². The summed E-state index contributed by atoms with van der Waals surface area (Å²) in [5.41, 5.74) is 1.72. The summed E-state index contributed by atoms with van der Waals surface area (Å²) in [4.78, 5) is 20.1. The molecular formula is C22H26N4O4S2. The van der Waals surface area contributed by atoms with E-state index in [0.29, 0.717) is 32.7 Å². The number of likely N-dealkylation sites (tertiary alicyclic amines) is 1. The zero-order chi connectivity index (χ0) is 22.9. The molecule has 0 radical (unpaired) electrons. The molecule has 0 aliphatic carbocycles. The molecule has 1 aliphatic rings. The average Bonchev–Trinajstić information content (AvgIpc) is 3.36. The third kappa shape index (κ3) is 4.51. The van der Waals surface area contributed by atoms with Gasteiger partial charge in [0.2, 0.25) is 0 Å². The van der Waals surface area contributed by atoms with Crippen molar-refractivity contribution < 1.29 is 17.9 Å². The summed E-state index contributed by atoms with van der Waals surface area (Å²) in [6, 6.07) is 8.31. The Morgan fingerprint density at radius 2 is 1.94 bits per heavy atom. The molecule has 3 aromatic rings. The molecule has 0 spiro atoms. The first-order chi connectivity index (χ1) is 15.3. The average molecular weight is 475 g/mol. The number of sulfonamides is 1. The van der Waals surface area contributed by atoms with E-state index in [4.69, 9.17) is 4.74 Å². The van der Waals surface area contributed by atoms with E-state index >= 15 is 0 Å². The van der Waals surface area contributed by atoms with Crippen molar-refractivity contribution in [3.63, 3.8) is 0 Å². The number of piperidine rings is 1. The Kier molecular flexibility index (Phi) is 6.25. The number of hydrogen-bond acceptors (Lipinski definition) is 6. The lowest BCUT2D eigenvalue weighted by Gasteiger charge is -2.26. The van der Waals surface area contributed by atoms with Gasteiger partial charge < -0.3 is 14.2 Å². The number of aromatic nitrogens is 2. The van der Waals surface area contributed by atoms with Gasteiger partial charge in [0.1, 0.15) is 20.5 Å². The summed E-state index contributed by atoms with van der Waals surface area (Å²) in [5, 5.41) is 0.619. The van der Waals surface area contributed by atoms with E-state index in [1.807, 2.05) is 11.8 Å². The number of amides is 1. The molecule has 2 aromatic heterocycles. The third-order valence-corrected chi connectivity index (χ3v) is 7.98. The number of carbonyl (C=O) groups excluding carboxylic acids is 1. The second-order valence-electron chi connectivity index (χ2n) is 7.80. The SMILES string of the molecule is COc1cccc(NS(=O)(=O)c2cc(-c3nc(C)c(C(=O)N4CCCCC4)s3)n(C)c2)c1. The molecule has 8 nitrogen and oxygen atoms in total. The van der Waals surface area contributed by atoms with Crippen LogP contribution in [-0.4, -0.2) is 49.0 Å². The van der Waals surface area contributed by atoms with Gasteiger partial charge in [-0.05, 0) is 44.4 Å². The number of ether oxygens (including phenoxy) is 1. The van der Waals surface area contributed by atoms with Crippen molar-refractivity contribution in [3.05, 3.63) is 47.1 Å². The number of methoxy groups -OCH3 is 1. The van der Waals surface area contributed by atoms with Crippen molar-refractivity contribution >= 4 is 33.0 Å². The lowest BCUT2D eigenvalue weighted by molar-refractivity contribution is 0.0728. The third-order valence-electron chi connectivity index (χ3n) is 5.47. The van der Waals surface area contributed by atoms with Crippen molar-refractivity contribution in [1.82, 2.24) is 14.5 Å². The fourth-order valence-corrected chi connectivity index (χ4v) is 5.95. The Morgan fingerprint density at radius 3 is 2.66 bits per heavy atom. The van der Waals surface area contributed by atoms with Gasteiger partial charge in [0, 0.05) is 32.4 Å². The first kappa shape index (κ1) is 22.3. The normalized spacial score (nSPS) is 14.4. The number of carbonyl (C=O) groups is 1. The first-order valence-corrected chi connectivity index (χ1v) is 12.7. The van der Waals surface area contributed by atoms with E-state index < -0.39 is 10.0 Å². The number of nitrogens with one attached hydrogen (secondary N) is 1. The highest BCUT2D eigenvalue weighted by molar-refractivity contribution is 7.92. The summed E-state index contributed by atoms with van der Waals surface area (Å²) in [7, 11) is -0.518. The van der Waals surface area contributed by atoms with Crippen LogP contribution in [0.25, 0.3) is 10.7 Å². The highest BCUT2D eigenvalue weighted by Crippen LogP contribution is 2.32. The molecule has 0 unspecified atom stereocenters. The van der Waals surface area contributed by atoms with E-state index in [2.05, 4.69) is 9.71 Å². The molecule has 10 heteroatoms. The van der Waals surface area contributed by atoms with Crippen molar-refractivity contribution in [3.8, 4) is 16.5 Å². The number of aryl methyl sites for hydroxylation is 2. The van der Waals surface area contributed by atoms with Crippen LogP contribution in [0.1, 0.15) is 34.6 Å². The number of benzene rings is 1. The van der Waals surface area contributed by atoms with Crippen molar-refractivity contribution in [2.45, 2.75) is 31.1 Å². The molecule has 4 rings (SSSR count). The van der Waals surface area contributed by atoms with E-state index in [0.717, 1.165) is 32.4 Å². The van der Waals surface area contributed by atoms with Gasteiger partial charge in [-0.25, -0.2) is 13.4 Å². The van der Waals surface area contributed by atoms with Crippen LogP contribution < -0.4 is 9.46 Å². The van der Waals surface area contributed by atoms with E-state index in [-0.39, 0.29) is 10.8 Å². The van der Waals surface area contributed by atoms with Gasteiger partial charge in [-0.2, -0.15) is 0 Å². The smallest absolute Gasteiger partial charge is 0.265 e. The van der Waals surface area contributed by atoms with Gasteiger partial charge in [-0.15, -0.1) is 11.3 Å². The second-order valence-corrected chi connectivity index (χ2v) is 10.5. The van der Waals surface area contributed by atoms with E-state index in [1.165, 1.54) is 18.4 Å². The lowest BCUT2D eigenvalue weighted by Crippen LogP contribution is -2.35. The predicted molar refractivity (Wildman–Crippen MR) is 125 cm³/mol. The molecular weight excluding hydrogens is 448 g/mol. The van der Waals surface area contributed by atoms with Gasteiger partial charge >= 0.3 is 0 Å². The number of hydrogen-bond donors (Lipinski definition) is 1. The van der Waals surface area contributed by atoms with Gasteiger partial charge in [0.15, 0.2) is 0 Å². The zero-order valence-corrected chi connectivity index (χ0v) is 19.9. The molecule has 1 aromatic carbocycles. The number of nitrogens with zero attached hydrogens (tertiary/aromatic N) is 3. The highest BCUT2D eigenvalue weighted by atomic mass is 32.2. The van der Waals surface area contributed by atoms with Crippen molar-refractivity contribution in [2.75, 3.05) is 24.9 Å². The molecule has 1 saturated heterocycles. The number of anilines is 1. The van der Waals surface area contributed by atoms with Gasteiger partial charge in [-0.3, -0.25) is 9.52 Å². The Morgan fingerprint density at radius 1 is 1.19 bits per heavy atom. The predicted octanol–water partition coefficient (Wildman–Crippen LogP) is 3.89. The molecule has 170 valence electrons. The molecule has 3 heterocycles. The number of rotatable bonds is 6. The van der Waals surface area contributed by atoms with Gasteiger partial charge in [0.25, 0.3) is 15.9 Å². The Labute approximate surface area is 191 Å². The maximum atomic E-state index is 12.9. The van der Waals surface area contributed by atoms with Crippen LogP contribution in [0.2, 0.25) is 0 Å². The Hall–Kier alpha value is -2.85. The second kappa shape index (κ2) is 8.95. The monoisotopic (exact) mass is 474 g/mol. The minimum Gasteiger partial charge on any atom is -0.497 e. The zero-order valence-electron chi connectivity index (χ0n) is 18.3. The summed E-state index contributed by atoms with van der Waals surface area (Å²) in [5.74, 6) is 0.566. The molecule has 1 fully saturated rings. The molecule has 1 N–H and O–H groups in total. The van der Waals surface area contributed by atoms with E-state index in [1.54, 1.807) is 48.1 Å². The van der Waals surface area contributed by atoms with Gasteiger partial charge in [-0.1, -0.05) is 6.07 Å². The quantitative estimate of drug-likeness (QED) is 0.585. The molecule has 1 amide bonds. The topological polar surface area (TPSA) is 93.5 Å². The molecule has 1 aliphatic heterocycles. The van der Waals surface area contributed by atoms with Crippen LogP contribution in [-0.2, 0) is 17.1 Å². The van der Waals surface area contributed by atoms with Crippen LogP contribution in [0.3, 0.4) is 0 Å². The Bertz CT molecular complexity index is 1240. The maximum absolute atomic E-state index is 12.9. The summed E-state index contributed by atoms with van der Waals surface area (Å²) < 4.78 is 35.3. The fraction of sp³-hybridized carbons (Fsp3) is 0.364. The molecule has 32 heavy (non-hydrogen) atoms. The van der Waals surface area contributed by atoms with Crippen molar-refractivity contribution in [2.24, 2.45) is 7.05 Å². The first-order valence-electron chi connectivity index (χ1n) is 10.4. The van der Waals surface area contributed by atoms with Crippen LogP contribution in [0.15, 0.2) is 41.4 Å². The van der Waals surface area contributed by atoms with Gasteiger partial charge in [0.05, 0.1) is 24.2 Å². The summed E-state index contributed by atoms with van der Waals surface area (Å²) in [6.07, 6.45) is 4.74. The lowest BCUT2D eigenvalue weighted by atomic mass is 10.1. The maximum Gasteiger partial charge on any atom is 0.265 e. The standard InChI is InChI=1S/C22H26N4O4S2/c1-15-20(22(27)26-10-5-4-6-11-26)31-21(23-15)19-13-18(14-25(19)2)32(28,29)24-16-8-7-9-17(12-16)30-3/h7-9,12-14,24H,4-6,10-11H2,1-3H3. The Balaban J connectivity index is 1.60. The molecule has 0 atom stereocenters. The van der Waals surface area contributed by atoms with Crippen LogP contribution in [0.4, 0.5) is 5.69 Å².